The molecule has 1 aliphatic rings. The van der Waals surface area contributed by atoms with Gasteiger partial charge in [-0.3, -0.25) is 4.79 Å². The smallest absolute Gasteiger partial charge is 0.220 e. The monoisotopic (exact) mass is 357 g/mol. The third-order valence-electron chi connectivity index (χ3n) is 3.94. The molecule has 0 radical (unpaired) electrons. The van der Waals surface area contributed by atoms with E-state index in [1.54, 1.807) is 7.11 Å². The van der Waals surface area contributed by atoms with Crippen LogP contribution in [0.15, 0.2) is 0 Å². The lowest BCUT2D eigenvalue weighted by Crippen LogP contribution is -2.34. The molecule has 1 aliphatic heterocycles. The van der Waals surface area contributed by atoms with E-state index in [0.29, 0.717) is 6.42 Å². The van der Waals surface area contributed by atoms with Gasteiger partial charge in [-0.05, 0) is 51.7 Å². The van der Waals surface area contributed by atoms with E-state index in [2.05, 4.69) is 22.6 Å². The first kappa shape index (κ1) is 24.2. The molecule has 5 nitrogen and oxygen atoms in total. The molecule has 0 saturated carbocycles. The number of hydrogen-bond acceptors (Lipinski definition) is 4. The van der Waals surface area contributed by atoms with E-state index in [1.165, 1.54) is 12.8 Å². The number of nitrogens with one attached hydrogen (secondary N) is 2. The highest BCUT2D eigenvalue weighted by Crippen LogP contribution is 2.17. The largest absolute Gasteiger partial charge is 0.385 e. The summed E-state index contributed by atoms with van der Waals surface area (Å²) in [6.45, 7) is 5.68. The Bertz CT molecular complexity index is 265. The van der Waals surface area contributed by atoms with Crippen molar-refractivity contribution in [3.05, 3.63) is 0 Å². The van der Waals surface area contributed by atoms with E-state index in [1.807, 2.05) is 0 Å². The molecular weight excluding hydrogens is 325 g/mol. The molecule has 1 fully saturated rings. The van der Waals surface area contributed by atoms with E-state index < -0.39 is 0 Å². The van der Waals surface area contributed by atoms with Crippen molar-refractivity contribution in [2.24, 2.45) is 5.92 Å². The van der Waals surface area contributed by atoms with Crippen LogP contribution in [0.1, 0.15) is 32.1 Å². The quantitative estimate of drug-likeness (QED) is 0.584. The summed E-state index contributed by atoms with van der Waals surface area (Å²) < 4.78 is 5.02. The summed E-state index contributed by atoms with van der Waals surface area (Å²) in [7, 11) is 3.81. The summed E-state index contributed by atoms with van der Waals surface area (Å²) in [6.07, 6.45) is 5.19. The second kappa shape index (κ2) is 15.8. The summed E-state index contributed by atoms with van der Waals surface area (Å²) >= 11 is 0. The highest BCUT2D eigenvalue weighted by atomic mass is 35.5. The lowest BCUT2D eigenvalue weighted by molar-refractivity contribution is -0.121. The topological polar surface area (TPSA) is 53.6 Å². The van der Waals surface area contributed by atoms with Gasteiger partial charge in [0.1, 0.15) is 0 Å². The van der Waals surface area contributed by atoms with Gasteiger partial charge in [-0.2, -0.15) is 0 Å². The van der Waals surface area contributed by atoms with Gasteiger partial charge in [0.15, 0.2) is 0 Å². The van der Waals surface area contributed by atoms with Crippen LogP contribution in [0.25, 0.3) is 0 Å². The predicted octanol–water partition coefficient (Wildman–Crippen LogP) is 1.69. The van der Waals surface area contributed by atoms with Gasteiger partial charge in [-0.25, -0.2) is 0 Å². The number of nitrogens with zero attached hydrogens (tertiary/aromatic N) is 1. The third kappa shape index (κ3) is 12.5. The molecule has 22 heavy (non-hydrogen) atoms. The molecule has 1 rings (SSSR count). The van der Waals surface area contributed by atoms with E-state index in [4.69, 9.17) is 4.74 Å². The number of piperidine rings is 1. The van der Waals surface area contributed by atoms with Crippen LogP contribution >= 0.6 is 24.8 Å². The Morgan fingerprint density at radius 2 is 1.95 bits per heavy atom. The van der Waals surface area contributed by atoms with Crippen LogP contribution in [0.3, 0.4) is 0 Å². The molecule has 0 aromatic carbocycles. The minimum atomic E-state index is 0. The summed E-state index contributed by atoms with van der Waals surface area (Å²) in [5.41, 5.74) is 0. The average molecular weight is 358 g/mol. The summed E-state index contributed by atoms with van der Waals surface area (Å²) in [6, 6.07) is 0. The summed E-state index contributed by atoms with van der Waals surface area (Å²) in [4.78, 5) is 14.0. The zero-order valence-corrected chi connectivity index (χ0v) is 15.6. The molecule has 1 saturated heterocycles. The van der Waals surface area contributed by atoms with Crippen LogP contribution in [-0.4, -0.2) is 64.3 Å². The minimum Gasteiger partial charge on any atom is -0.385 e. The molecule has 0 aliphatic carbocycles. The first-order valence-electron chi connectivity index (χ1n) is 7.87. The number of halogens is 2. The standard InChI is InChI=1S/C15H31N3O2.2ClH/c1-18(11-3-13-20-2)12-10-17-15(19)5-4-14-6-8-16-9-7-14;;/h14,16H,3-13H2,1-2H3,(H,17,19);2*1H. The summed E-state index contributed by atoms with van der Waals surface area (Å²) in [5, 5.41) is 6.37. The average Bonchev–Trinajstić information content (AvgIpc) is 2.46. The van der Waals surface area contributed by atoms with Gasteiger partial charge in [0.25, 0.3) is 0 Å². The first-order chi connectivity index (χ1) is 9.72. The Kier molecular flexibility index (Phi) is 17.4. The van der Waals surface area contributed by atoms with E-state index in [0.717, 1.165) is 58.1 Å². The maximum atomic E-state index is 11.8. The number of carbonyl (C=O) groups excluding carboxylic acids is 1. The second-order valence-corrected chi connectivity index (χ2v) is 5.73. The fraction of sp³-hybridized carbons (Fsp3) is 0.933. The van der Waals surface area contributed by atoms with E-state index in [9.17, 15) is 4.79 Å². The lowest BCUT2D eigenvalue weighted by atomic mass is 9.93. The second-order valence-electron chi connectivity index (χ2n) is 5.73. The Morgan fingerprint density at radius 1 is 1.27 bits per heavy atom. The number of rotatable bonds is 10. The fourth-order valence-electron chi connectivity index (χ4n) is 2.57. The number of methoxy groups -OCH3 is 1. The lowest BCUT2D eigenvalue weighted by Gasteiger charge is -2.22. The molecule has 0 aromatic heterocycles. The Morgan fingerprint density at radius 3 is 2.59 bits per heavy atom. The molecule has 0 atom stereocenters. The van der Waals surface area contributed by atoms with Crippen LogP contribution in [0.5, 0.6) is 0 Å². The molecular formula is C15H33Cl2N3O2. The van der Waals surface area contributed by atoms with Crippen molar-refractivity contribution < 1.29 is 9.53 Å². The van der Waals surface area contributed by atoms with Crippen molar-refractivity contribution >= 4 is 30.7 Å². The maximum absolute atomic E-state index is 11.8. The van der Waals surface area contributed by atoms with Crippen molar-refractivity contribution in [2.45, 2.75) is 32.1 Å². The van der Waals surface area contributed by atoms with Crippen LogP contribution in [-0.2, 0) is 9.53 Å². The highest BCUT2D eigenvalue weighted by Gasteiger charge is 2.14. The SMILES string of the molecule is COCCCN(C)CCNC(=O)CCC1CCNCC1.Cl.Cl. The minimum absolute atomic E-state index is 0. The van der Waals surface area contributed by atoms with Gasteiger partial charge in [-0.15, -0.1) is 24.8 Å². The molecule has 7 heteroatoms. The van der Waals surface area contributed by atoms with Crippen molar-refractivity contribution in [1.82, 2.24) is 15.5 Å². The third-order valence-corrected chi connectivity index (χ3v) is 3.94. The first-order valence-corrected chi connectivity index (χ1v) is 7.87. The molecule has 1 amide bonds. The zero-order chi connectivity index (χ0) is 14.6. The van der Waals surface area contributed by atoms with Gasteiger partial charge < -0.3 is 20.3 Å². The van der Waals surface area contributed by atoms with Crippen LogP contribution in [0, 0.1) is 5.92 Å². The number of hydrogen-bond donors (Lipinski definition) is 2. The molecule has 0 unspecified atom stereocenters. The molecule has 134 valence electrons. The van der Waals surface area contributed by atoms with Gasteiger partial charge in [0, 0.05) is 39.8 Å². The van der Waals surface area contributed by atoms with E-state index >= 15 is 0 Å². The van der Waals surface area contributed by atoms with Gasteiger partial charge >= 0.3 is 0 Å². The fourth-order valence-corrected chi connectivity index (χ4v) is 2.57. The van der Waals surface area contributed by atoms with Crippen molar-refractivity contribution in [1.29, 1.82) is 0 Å². The predicted molar refractivity (Wildman–Crippen MR) is 96.3 cm³/mol. The van der Waals surface area contributed by atoms with Crippen molar-refractivity contribution in [3.8, 4) is 0 Å². The molecule has 0 bridgehead atoms. The molecule has 2 N–H and O–H groups in total. The Hall–Kier alpha value is -0.0700. The van der Waals surface area contributed by atoms with E-state index in [-0.39, 0.29) is 30.7 Å². The zero-order valence-electron chi connectivity index (χ0n) is 13.9. The van der Waals surface area contributed by atoms with Crippen molar-refractivity contribution in [3.63, 3.8) is 0 Å². The normalized spacial score (nSPS) is 15.0. The van der Waals surface area contributed by atoms with Crippen LogP contribution < -0.4 is 10.6 Å². The Labute approximate surface area is 147 Å². The Balaban J connectivity index is 0. The molecule has 0 spiro atoms. The van der Waals surface area contributed by atoms with Crippen molar-refractivity contribution in [2.75, 3.05) is 53.5 Å². The van der Waals surface area contributed by atoms with Crippen LogP contribution in [0.4, 0.5) is 0 Å². The molecule has 0 aromatic rings. The van der Waals surface area contributed by atoms with Gasteiger partial charge in [0.2, 0.25) is 5.91 Å². The number of ether oxygens (including phenoxy) is 1. The molecule has 1 heterocycles. The number of carbonyl (C=O) groups is 1. The maximum Gasteiger partial charge on any atom is 0.220 e. The highest BCUT2D eigenvalue weighted by molar-refractivity contribution is 5.85. The number of likely N-dealkylation sites (N-methyl/N-ethyl adjacent to an activating group) is 1. The summed E-state index contributed by atoms with van der Waals surface area (Å²) in [5.74, 6) is 0.938. The van der Waals surface area contributed by atoms with Gasteiger partial charge in [-0.1, -0.05) is 0 Å². The van der Waals surface area contributed by atoms with Crippen LogP contribution in [0.2, 0.25) is 0 Å². The van der Waals surface area contributed by atoms with Gasteiger partial charge in [0.05, 0.1) is 0 Å². The number of amides is 1.